The van der Waals surface area contributed by atoms with E-state index in [0.29, 0.717) is 0 Å². The van der Waals surface area contributed by atoms with Crippen LogP contribution in [0.3, 0.4) is 0 Å². The van der Waals surface area contributed by atoms with E-state index in [0.717, 1.165) is 24.4 Å². The highest BCUT2D eigenvalue weighted by molar-refractivity contribution is 5.57. The van der Waals surface area contributed by atoms with Gasteiger partial charge in [-0.1, -0.05) is 30.3 Å². The van der Waals surface area contributed by atoms with E-state index in [4.69, 9.17) is 4.74 Å². The van der Waals surface area contributed by atoms with Crippen LogP contribution in [0.2, 0.25) is 0 Å². The zero-order chi connectivity index (χ0) is 10.8. The van der Waals surface area contributed by atoms with Gasteiger partial charge >= 0.3 is 0 Å². The summed E-state index contributed by atoms with van der Waals surface area (Å²) in [4.78, 5) is 0. The average Bonchev–Trinajstić information content (AvgIpc) is 3.01. The van der Waals surface area contributed by atoms with E-state index in [9.17, 15) is 0 Å². The first kappa shape index (κ1) is 9.57. The summed E-state index contributed by atoms with van der Waals surface area (Å²) in [6.07, 6.45) is 1.82. The topological polar surface area (TPSA) is 39.1 Å². The summed E-state index contributed by atoms with van der Waals surface area (Å²) in [6, 6.07) is 12.1. The minimum atomic E-state index is -0.113. The molecule has 3 rings (SSSR count). The Kier molecular flexibility index (Phi) is 2.44. The summed E-state index contributed by atoms with van der Waals surface area (Å²) in [5, 5.41) is 7.71. The lowest BCUT2D eigenvalue weighted by Gasteiger charge is -2.09. The number of nitrogens with zero attached hydrogens (tertiary/aromatic N) is 2. The minimum Gasteiger partial charge on any atom is -0.342 e. The fourth-order valence-electron chi connectivity index (χ4n) is 1.81. The molecule has 1 saturated heterocycles. The Bertz CT molecular complexity index is 460. The van der Waals surface area contributed by atoms with Crippen LogP contribution in [0.1, 0.15) is 6.35 Å². The molecule has 0 aliphatic carbocycles. The molecule has 1 fully saturated rings. The highest BCUT2D eigenvalue weighted by Crippen LogP contribution is 2.18. The van der Waals surface area contributed by atoms with Crippen LogP contribution in [0.15, 0.2) is 42.6 Å². The third kappa shape index (κ3) is 1.73. The number of aromatic nitrogens is 2. The van der Waals surface area contributed by atoms with E-state index >= 15 is 0 Å². The second-order valence-corrected chi connectivity index (χ2v) is 3.72. The van der Waals surface area contributed by atoms with Gasteiger partial charge in [-0.3, -0.25) is 5.32 Å². The Morgan fingerprint density at radius 2 is 2.12 bits per heavy atom. The Morgan fingerprint density at radius 1 is 1.25 bits per heavy atom. The van der Waals surface area contributed by atoms with Crippen LogP contribution in [0.5, 0.6) is 0 Å². The molecular formula is C12H13N3O. The Balaban J connectivity index is 1.87. The first-order chi connectivity index (χ1) is 7.93. The number of hydrogen-bond acceptors (Lipinski definition) is 3. The van der Waals surface area contributed by atoms with Crippen LogP contribution in [0.4, 0.5) is 0 Å². The van der Waals surface area contributed by atoms with Crippen molar-refractivity contribution in [3.8, 4) is 11.3 Å². The van der Waals surface area contributed by atoms with Gasteiger partial charge in [-0.05, 0) is 6.07 Å². The molecule has 4 nitrogen and oxygen atoms in total. The van der Waals surface area contributed by atoms with Crippen molar-refractivity contribution in [3.05, 3.63) is 42.6 Å². The molecule has 2 aromatic rings. The van der Waals surface area contributed by atoms with Gasteiger partial charge < -0.3 is 4.74 Å². The van der Waals surface area contributed by atoms with Crippen molar-refractivity contribution >= 4 is 0 Å². The van der Waals surface area contributed by atoms with Crippen molar-refractivity contribution in [2.24, 2.45) is 0 Å². The van der Waals surface area contributed by atoms with E-state index < -0.39 is 0 Å². The predicted octanol–water partition coefficient (Wildman–Crippen LogP) is 1.63. The molecule has 1 aromatic carbocycles. The summed E-state index contributed by atoms with van der Waals surface area (Å²) in [5.41, 5.74) is 2.09. The molecule has 0 spiro atoms. The summed E-state index contributed by atoms with van der Waals surface area (Å²) in [5.74, 6) is 0. The van der Waals surface area contributed by atoms with E-state index in [-0.39, 0.29) is 6.35 Å². The van der Waals surface area contributed by atoms with Gasteiger partial charge in [0.25, 0.3) is 0 Å². The van der Waals surface area contributed by atoms with Crippen molar-refractivity contribution in [1.82, 2.24) is 15.1 Å². The second-order valence-electron chi connectivity index (χ2n) is 3.72. The molecule has 1 aliphatic heterocycles. The van der Waals surface area contributed by atoms with E-state index in [1.54, 1.807) is 0 Å². The highest BCUT2D eigenvalue weighted by atomic mass is 16.5. The molecule has 4 heteroatoms. The monoisotopic (exact) mass is 215 g/mol. The molecule has 1 N–H and O–H groups in total. The van der Waals surface area contributed by atoms with Crippen LogP contribution < -0.4 is 5.32 Å². The molecule has 16 heavy (non-hydrogen) atoms. The Hall–Kier alpha value is -1.65. The van der Waals surface area contributed by atoms with Crippen LogP contribution in [-0.4, -0.2) is 22.9 Å². The molecule has 82 valence electrons. The summed E-state index contributed by atoms with van der Waals surface area (Å²) in [7, 11) is 0. The van der Waals surface area contributed by atoms with Crippen LogP contribution in [0.25, 0.3) is 11.3 Å². The first-order valence-corrected chi connectivity index (χ1v) is 5.39. The standard InChI is InChI=1S/C12H13N3O/c1-2-4-10(5-3-1)11-6-8-15(14-11)12-13-7-9-16-12/h1-6,8,12-13H,7,9H2. The number of rotatable bonds is 2. The van der Waals surface area contributed by atoms with E-state index in [1.165, 1.54) is 0 Å². The molecule has 2 heterocycles. The molecular weight excluding hydrogens is 202 g/mol. The number of hydrogen-bond donors (Lipinski definition) is 1. The predicted molar refractivity (Wildman–Crippen MR) is 60.7 cm³/mol. The van der Waals surface area contributed by atoms with Gasteiger partial charge in [-0.2, -0.15) is 5.10 Å². The van der Waals surface area contributed by atoms with Gasteiger partial charge in [0.2, 0.25) is 6.35 Å². The van der Waals surface area contributed by atoms with Gasteiger partial charge in [0.15, 0.2) is 0 Å². The van der Waals surface area contributed by atoms with Crippen molar-refractivity contribution in [2.45, 2.75) is 6.35 Å². The smallest absolute Gasteiger partial charge is 0.206 e. The molecule has 1 aliphatic rings. The lowest BCUT2D eigenvalue weighted by atomic mass is 10.2. The number of benzene rings is 1. The third-order valence-corrected chi connectivity index (χ3v) is 2.61. The van der Waals surface area contributed by atoms with Crippen molar-refractivity contribution in [1.29, 1.82) is 0 Å². The van der Waals surface area contributed by atoms with Gasteiger partial charge in [-0.25, -0.2) is 4.68 Å². The van der Waals surface area contributed by atoms with Gasteiger partial charge in [0.05, 0.1) is 12.3 Å². The van der Waals surface area contributed by atoms with Crippen molar-refractivity contribution in [2.75, 3.05) is 13.2 Å². The molecule has 1 atom stereocenters. The van der Waals surface area contributed by atoms with E-state index in [1.807, 2.05) is 35.1 Å². The first-order valence-electron chi connectivity index (χ1n) is 5.39. The molecule has 0 amide bonds. The molecule has 0 bridgehead atoms. The lowest BCUT2D eigenvalue weighted by Crippen LogP contribution is -2.21. The number of ether oxygens (including phenoxy) is 1. The normalized spacial score (nSPS) is 20.1. The number of nitrogens with one attached hydrogen (secondary N) is 1. The zero-order valence-electron chi connectivity index (χ0n) is 8.84. The molecule has 0 saturated carbocycles. The summed E-state index contributed by atoms with van der Waals surface area (Å²) in [6.45, 7) is 1.62. The summed E-state index contributed by atoms with van der Waals surface area (Å²) >= 11 is 0. The Labute approximate surface area is 93.8 Å². The molecule has 1 unspecified atom stereocenters. The van der Waals surface area contributed by atoms with Crippen molar-refractivity contribution < 1.29 is 4.74 Å². The molecule has 1 aromatic heterocycles. The SMILES string of the molecule is c1ccc(-c2ccn(C3NCCO3)n2)cc1. The van der Waals surface area contributed by atoms with Crippen LogP contribution in [0, 0.1) is 0 Å². The quantitative estimate of drug-likeness (QED) is 0.827. The second kappa shape index (κ2) is 4.08. The van der Waals surface area contributed by atoms with Crippen molar-refractivity contribution in [3.63, 3.8) is 0 Å². The van der Waals surface area contributed by atoms with Crippen LogP contribution in [-0.2, 0) is 4.74 Å². The maximum absolute atomic E-state index is 5.48. The molecule has 0 radical (unpaired) electrons. The zero-order valence-corrected chi connectivity index (χ0v) is 8.84. The van der Waals surface area contributed by atoms with Gasteiger partial charge in [0, 0.05) is 18.3 Å². The Morgan fingerprint density at radius 3 is 2.88 bits per heavy atom. The largest absolute Gasteiger partial charge is 0.342 e. The minimum absolute atomic E-state index is 0.113. The summed E-state index contributed by atoms with van der Waals surface area (Å²) < 4.78 is 7.29. The average molecular weight is 215 g/mol. The van der Waals surface area contributed by atoms with Gasteiger partial charge in [-0.15, -0.1) is 0 Å². The third-order valence-electron chi connectivity index (χ3n) is 2.61. The maximum atomic E-state index is 5.48. The fourth-order valence-corrected chi connectivity index (χ4v) is 1.81. The lowest BCUT2D eigenvalue weighted by molar-refractivity contribution is 0.0345. The van der Waals surface area contributed by atoms with Crippen LogP contribution >= 0.6 is 0 Å². The highest BCUT2D eigenvalue weighted by Gasteiger charge is 2.17. The fraction of sp³-hybridized carbons (Fsp3) is 0.250. The van der Waals surface area contributed by atoms with E-state index in [2.05, 4.69) is 22.5 Å². The maximum Gasteiger partial charge on any atom is 0.206 e. The van der Waals surface area contributed by atoms with Gasteiger partial charge in [0.1, 0.15) is 0 Å².